The van der Waals surface area contributed by atoms with Gasteiger partial charge in [0.15, 0.2) is 6.10 Å². The van der Waals surface area contributed by atoms with E-state index in [1.165, 1.54) is 0 Å². The second-order valence-electron chi connectivity index (χ2n) is 5.04. The van der Waals surface area contributed by atoms with Crippen LogP contribution in [0.25, 0.3) is 11.4 Å². The van der Waals surface area contributed by atoms with Crippen molar-refractivity contribution in [2.24, 2.45) is 0 Å². The number of ether oxygens (including phenoxy) is 1. The molecule has 0 bridgehead atoms. The SMILES string of the molecule is Cc1cccc(O[C@@H](C)c2nc(-c3cccc(Br)c3)no2)c1. The predicted octanol–water partition coefficient (Wildman–Crippen LogP) is 4.95. The number of hydrogen-bond acceptors (Lipinski definition) is 4. The highest BCUT2D eigenvalue weighted by molar-refractivity contribution is 9.10. The van der Waals surface area contributed by atoms with E-state index in [9.17, 15) is 0 Å². The fourth-order valence-electron chi connectivity index (χ4n) is 2.09. The van der Waals surface area contributed by atoms with E-state index in [1.54, 1.807) is 0 Å². The lowest BCUT2D eigenvalue weighted by Gasteiger charge is -2.10. The first-order chi connectivity index (χ1) is 10.6. The standard InChI is InChI=1S/C17H15BrN2O2/c1-11-5-3-8-15(9-11)21-12(2)17-19-16(20-22-17)13-6-4-7-14(18)10-13/h3-10,12H,1-2H3/t12-/m0/s1. The number of benzene rings is 2. The van der Waals surface area contributed by atoms with Gasteiger partial charge in [0.2, 0.25) is 5.82 Å². The number of nitrogens with zero attached hydrogens (tertiary/aromatic N) is 2. The number of halogens is 1. The van der Waals surface area contributed by atoms with Gasteiger partial charge in [0.25, 0.3) is 5.89 Å². The molecular weight excluding hydrogens is 344 g/mol. The van der Waals surface area contributed by atoms with E-state index in [2.05, 4.69) is 26.1 Å². The maximum absolute atomic E-state index is 5.85. The van der Waals surface area contributed by atoms with Gasteiger partial charge in [-0.05, 0) is 43.7 Å². The van der Waals surface area contributed by atoms with Crippen molar-refractivity contribution in [1.82, 2.24) is 10.1 Å². The molecule has 0 saturated heterocycles. The quantitative estimate of drug-likeness (QED) is 0.662. The van der Waals surface area contributed by atoms with Crippen molar-refractivity contribution in [3.8, 4) is 17.1 Å². The highest BCUT2D eigenvalue weighted by Crippen LogP contribution is 2.25. The average molecular weight is 359 g/mol. The van der Waals surface area contributed by atoms with Crippen LogP contribution in [-0.2, 0) is 0 Å². The lowest BCUT2D eigenvalue weighted by atomic mass is 10.2. The molecule has 1 aromatic heterocycles. The van der Waals surface area contributed by atoms with E-state index < -0.39 is 0 Å². The van der Waals surface area contributed by atoms with Gasteiger partial charge in [-0.3, -0.25) is 0 Å². The van der Waals surface area contributed by atoms with Crippen LogP contribution in [0.4, 0.5) is 0 Å². The van der Waals surface area contributed by atoms with E-state index in [1.807, 2.05) is 62.4 Å². The summed E-state index contributed by atoms with van der Waals surface area (Å²) in [6, 6.07) is 15.6. The van der Waals surface area contributed by atoms with Gasteiger partial charge in [-0.2, -0.15) is 4.98 Å². The monoisotopic (exact) mass is 358 g/mol. The minimum Gasteiger partial charge on any atom is -0.481 e. The van der Waals surface area contributed by atoms with Crippen LogP contribution in [0.5, 0.6) is 5.75 Å². The van der Waals surface area contributed by atoms with Crippen molar-refractivity contribution in [2.45, 2.75) is 20.0 Å². The maximum atomic E-state index is 5.85. The molecule has 0 aliphatic rings. The Labute approximate surface area is 137 Å². The first kappa shape index (κ1) is 14.8. The van der Waals surface area contributed by atoms with Crippen LogP contribution < -0.4 is 4.74 Å². The van der Waals surface area contributed by atoms with Gasteiger partial charge < -0.3 is 9.26 Å². The summed E-state index contributed by atoms with van der Waals surface area (Å²) >= 11 is 3.44. The molecule has 4 nitrogen and oxygen atoms in total. The van der Waals surface area contributed by atoms with E-state index in [0.29, 0.717) is 11.7 Å². The van der Waals surface area contributed by atoms with Crippen molar-refractivity contribution < 1.29 is 9.26 Å². The topological polar surface area (TPSA) is 48.2 Å². The van der Waals surface area contributed by atoms with E-state index in [-0.39, 0.29) is 6.10 Å². The van der Waals surface area contributed by atoms with Crippen molar-refractivity contribution >= 4 is 15.9 Å². The summed E-state index contributed by atoms with van der Waals surface area (Å²) in [6.07, 6.45) is -0.310. The zero-order chi connectivity index (χ0) is 15.5. The third-order valence-corrected chi connectivity index (χ3v) is 3.67. The Hall–Kier alpha value is -2.14. The molecule has 0 aliphatic heterocycles. The summed E-state index contributed by atoms with van der Waals surface area (Å²) in [7, 11) is 0. The predicted molar refractivity (Wildman–Crippen MR) is 87.7 cm³/mol. The molecule has 1 atom stereocenters. The van der Waals surface area contributed by atoms with Gasteiger partial charge in [-0.1, -0.05) is 45.4 Å². The molecule has 0 amide bonds. The Balaban J connectivity index is 1.78. The summed E-state index contributed by atoms with van der Waals surface area (Å²) in [5.41, 5.74) is 2.04. The molecular formula is C17H15BrN2O2. The Kier molecular flexibility index (Phi) is 4.24. The average Bonchev–Trinajstić information content (AvgIpc) is 2.97. The van der Waals surface area contributed by atoms with Gasteiger partial charge in [0, 0.05) is 10.0 Å². The Bertz CT molecular complexity index is 786. The second kappa shape index (κ2) is 6.32. The normalized spacial score (nSPS) is 12.1. The smallest absolute Gasteiger partial charge is 0.267 e. The fourth-order valence-corrected chi connectivity index (χ4v) is 2.49. The van der Waals surface area contributed by atoms with Crippen molar-refractivity contribution in [3.63, 3.8) is 0 Å². The number of aromatic nitrogens is 2. The minimum atomic E-state index is -0.310. The van der Waals surface area contributed by atoms with Crippen LogP contribution in [0.15, 0.2) is 57.5 Å². The number of aryl methyl sites for hydroxylation is 1. The molecule has 22 heavy (non-hydrogen) atoms. The summed E-state index contributed by atoms with van der Waals surface area (Å²) in [4.78, 5) is 4.42. The molecule has 2 aromatic carbocycles. The van der Waals surface area contributed by atoms with Gasteiger partial charge in [0.1, 0.15) is 5.75 Å². The molecule has 3 rings (SSSR count). The summed E-state index contributed by atoms with van der Waals surface area (Å²) < 4.78 is 12.1. The molecule has 112 valence electrons. The zero-order valence-electron chi connectivity index (χ0n) is 12.3. The molecule has 1 heterocycles. The summed E-state index contributed by atoms with van der Waals surface area (Å²) in [6.45, 7) is 3.91. The lowest BCUT2D eigenvalue weighted by Crippen LogP contribution is -2.03. The van der Waals surface area contributed by atoms with Crippen LogP contribution in [-0.4, -0.2) is 10.1 Å². The van der Waals surface area contributed by atoms with Crippen LogP contribution in [0.1, 0.15) is 24.5 Å². The molecule has 0 aliphatic carbocycles. The van der Waals surface area contributed by atoms with Gasteiger partial charge in [0.05, 0.1) is 0 Å². The molecule has 5 heteroatoms. The first-order valence-electron chi connectivity index (χ1n) is 6.95. The number of rotatable bonds is 4. The largest absolute Gasteiger partial charge is 0.481 e. The summed E-state index contributed by atoms with van der Waals surface area (Å²) in [5.74, 6) is 1.79. The van der Waals surface area contributed by atoms with Crippen molar-refractivity contribution in [2.75, 3.05) is 0 Å². The molecule has 0 spiro atoms. The third kappa shape index (κ3) is 3.36. The van der Waals surface area contributed by atoms with Crippen molar-refractivity contribution in [1.29, 1.82) is 0 Å². The fraction of sp³-hybridized carbons (Fsp3) is 0.176. The highest BCUT2D eigenvalue weighted by Gasteiger charge is 2.17. The third-order valence-electron chi connectivity index (χ3n) is 3.17. The Morgan fingerprint density at radius 1 is 1.14 bits per heavy atom. The molecule has 0 fully saturated rings. The highest BCUT2D eigenvalue weighted by atomic mass is 79.9. The van der Waals surface area contributed by atoms with Crippen molar-refractivity contribution in [3.05, 3.63) is 64.5 Å². The molecule has 0 saturated carbocycles. The molecule has 0 N–H and O–H groups in total. The molecule has 0 unspecified atom stereocenters. The molecule has 3 aromatic rings. The lowest BCUT2D eigenvalue weighted by molar-refractivity contribution is 0.175. The van der Waals surface area contributed by atoms with Gasteiger partial charge >= 0.3 is 0 Å². The van der Waals surface area contributed by atoms with Crippen LogP contribution in [0.2, 0.25) is 0 Å². The van der Waals surface area contributed by atoms with Crippen LogP contribution in [0, 0.1) is 6.92 Å². The Morgan fingerprint density at radius 2 is 1.95 bits per heavy atom. The van der Waals surface area contributed by atoms with Crippen LogP contribution in [0.3, 0.4) is 0 Å². The van der Waals surface area contributed by atoms with Gasteiger partial charge in [-0.15, -0.1) is 0 Å². The molecule has 0 radical (unpaired) electrons. The minimum absolute atomic E-state index is 0.310. The van der Waals surface area contributed by atoms with Crippen LogP contribution >= 0.6 is 15.9 Å². The number of hydrogen-bond donors (Lipinski definition) is 0. The summed E-state index contributed by atoms with van der Waals surface area (Å²) in [5, 5.41) is 4.02. The first-order valence-corrected chi connectivity index (χ1v) is 7.74. The van der Waals surface area contributed by atoms with E-state index in [0.717, 1.165) is 21.3 Å². The van der Waals surface area contributed by atoms with E-state index in [4.69, 9.17) is 9.26 Å². The second-order valence-corrected chi connectivity index (χ2v) is 5.96. The maximum Gasteiger partial charge on any atom is 0.267 e. The Morgan fingerprint density at radius 3 is 2.73 bits per heavy atom. The zero-order valence-corrected chi connectivity index (χ0v) is 13.9. The van der Waals surface area contributed by atoms with Gasteiger partial charge in [-0.25, -0.2) is 0 Å². The van der Waals surface area contributed by atoms with E-state index >= 15 is 0 Å².